The number of amides is 1. The van der Waals surface area contributed by atoms with Gasteiger partial charge in [0.1, 0.15) is 11.8 Å². The molecule has 12 heteroatoms. The van der Waals surface area contributed by atoms with Gasteiger partial charge in [-0.05, 0) is 44.4 Å². The molecule has 2 aromatic rings. The Balaban J connectivity index is 1.91. The molecular formula is C26H35N5O7. The van der Waals surface area contributed by atoms with Crippen LogP contribution >= 0.6 is 0 Å². The normalized spacial score (nSPS) is 12.2. The largest absolute Gasteiger partial charge is 0.481 e. The van der Waals surface area contributed by atoms with Crippen molar-refractivity contribution in [1.29, 1.82) is 0 Å². The Morgan fingerprint density at radius 3 is 2.32 bits per heavy atom. The van der Waals surface area contributed by atoms with Crippen molar-refractivity contribution in [2.45, 2.75) is 58.0 Å². The number of nitrogens with zero attached hydrogens (tertiary/aromatic N) is 2. The van der Waals surface area contributed by atoms with Crippen LogP contribution in [0.2, 0.25) is 0 Å². The average Bonchev–Trinajstić information content (AvgIpc) is 2.89. The van der Waals surface area contributed by atoms with Crippen LogP contribution in [0.5, 0.6) is 5.88 Å². The minimum atomic E-state index is -0.987. The van der Waals surface area contributed by atoms with Crippen molar-refractivity contribution in [3.05, 3.63) is 47.2 Å². The van der Waals surface area contributed by atoms with Crippen LogP contribution in [-0.4, -0.2) is 60.0 Å². The van der Waals surface area contributed by atoms with Crippen molar-refractivity contribution in [3.63, 3.8) is 0 Å². The highest BCUT2D eigenvalue weighted by Gasteiger charge is 2.24. The zero-order valence-electron chi connectivity index (χ0n) is 21.9. The van der Waals surface area contributed by atoms with E-state index in [2.05, 4.69) is 15.3 Å². The minimum Gasteiger partial charge on any atom is -0.481 e. The number of aromatic nitrogens is 2. The molecule has 1 aromatic heterocycles. The second-order valence-electron chi connectivity index (χ2n) is 8.36. The first-order valence-corrected chi connectivity index (χ1v) is 12.3. The summed E-state index contributed by atoms with van der Waals surface area (Å²) >= 11 is 0. The first-order chi connectivity index (χ1) is 18.2. The van der Waals surface area contributed by atoms with Crippen LogP contribution in [0.25, 0.3) is 0 Å². The number of hydrogen-bond donors (Lipinski definition) is 3. The van der Waals surface area contributed by atoms with Gasteiger partial charge in [-0.15, -0.1) is 0 Å². The fourth-order valence-corrected chi connectivity index (χ4v) is 3.54. The van der Waals surface area contributed by atoms with Crippen LogP contribution in [-0.2, 0) is 30.3 Å². The number of ether oxygens (including phenoxy) is 3. The number of ketones is 1. The standard InChI is InChI=1S/C26H35N5O7/c1-4-37-23(33)13-12-20(25(35)38-5-2)29-24(34)17-9-6-16(7-10-17)8-11-18(32)14-19(27)21-15-22(36-3)31-26(28)30-21/h6-7,9-10,15,19-20H,4-5,8,11-14,27H2,1-3H3,(H,29,34)(H2,28,30,31)/t19?,20-/m0/s1. The van der Waals surface area contributed by atoms with Crippen molar-refractivity contribution in [1.82, 2.24) is 15.3 Å². The second kappa shape index (κ2) is 15.3. The van der Waals surface area contributed by atoms with Crippen LogP contribution in [0.1, 0.15) is 67.2 Å². The van der Waals surface area contributed by atoms with Crippen LogP contribution in [0.4, 0.5) is 5.95 Å². The van der Waals surface area contributed by atoms with Crippen molar-refractivity contribution in [2.24, 2.45) is 5.73 Å². The molecule has 0 aliphatic carbocycles. The molecule has 206 valence electrons. The predicted molar refractivity (Wildman–Crippen MR) is 138 cm³/mol. The van der Waals surface area contributed by atoms with Gasteiger partial charge in [0.2, 0.25) is 11.8 Å². The molecular weight excluding hydrogens is 494 g/mol. The summed E-state index contributed by atoms with van der Waals surface area (Å²) < 4.78 is 15.0. The Kier molecular flexibility index (Phi) is 12.1. The molecule has 1 unspecified atom stereocenters. The number of hydrogen-bond acceptors (Lipinski definition) is 11. The summed E-state index contributed by atoms with van der Waals surface area (Å²) in [6.45, 7) is 3.71. The van der Waals surface area contributed by atoms with Gasteiger partial charge in [0, 0.05) is 30.9 Å². The Morgan fingerprint density at radius 2 is 1.68 bits per heavy atom. The molecule has 0 saturated carbocycles. The molecule has 2 rings (SSSR count). The van der Waals surface area contributed by atoms with Gasteiger partial charge in [-0.1, -0.05) is 12.1 Å². The lowest BCUT2D eigenvalue weighted by Gasteiger charge is -2.17. The minimum absolute atomic E-state index is 0.0129. The number of carbonyl (C=O) groups is 4. The smallest absolute Gasteiger partial charge is 0.328 e. The average molecular weight is 530 g/mol. The predicted octanol–water partition coefficient (Wildman–Crippen LogP) is 1.66. The second-order valence-corrected chi connectivity index (χ2v) is 8.36. The Bertz CT molecular complexity index is 1110. The number of nitrogens with two attached hydrogens (primary N) is 2. The van der Waals surface area contributed by atoms with Gasteiger partial charge in [-0.25, -0.2) is 9.78 Å². The molecule has 0 spiro atoms. The van der Waals surface area contributed by atoms with Gasteiger partial charge in [0.15, 0.2) is 0 Å². The van der Waals surface area contributed by atoms with E-state index in [1.54, 1.807) is 44.2 Å². The molecule has 1 amide bonds. The Morgan fingerprint density at radius 1 is 1.00 bits per heavy atom. The van der Waals surface area contributed by atoms with E-state index in [1.165, 1.54) is 7.11 Å². The summed E-state index contributed by atoms with van der Waals surface area (Å²) in [5, 5.41) is 2.62. The van der Waals surface area contributed by atoms with Gasteiger partial charge in [0.25, 0.3) is 5.91 Å². The molecule has 12 nitrogen and oxygen atoms in total. The summed E-state index contributed by atoms with van der Waals surface area (Å²) in [5.41, 5.74) is 13.4. The molecule has 1 aromatic carbocycles. The Labute approximate surface area is 221 Å². The maximum atomic E-state index is 12.7. The van der Waals surface area contributed by atoms with Gasteiger partial charge >= 0.3 is 11.9 Å². The van der Waals surface area contributed by atoms with Crippen LogP contribution in [0.3, 0.4) is 0 Å². The SMILES string of the molecule is CCOC(=O)CC[C@H](NC(=O)c1ccc(CCC(=O)CC(N)c2cc(OC)nc(N)n2)cc1)C(=O)OCC. The number of benzene rings is 1. The maximum Gasteiger partial charge on any atom is 0.328 e. The van der Waals surface area contributed by atoms with Crippen molar-refractivity contribution in [3.8, 4) is 5.88 Å². The Hall–Kier alpha value is -4.06. The third-order valence-corrected chi connectivity index (χ3v) is 5.50. The molecule has 0 bridgehead atoms. The quantitative estimate of drug-likeness (QED) is 0.285. The summed E-state index contributed by atoms with van der Waals surface area (Å²) in [5.74, 6) is -1.35. The maximum absolute atomic E-state index is 12.7. The molecule has 0 aliphatic heterocycles. The monoisotopic (exact) mass is 529 g/mol. The number of rotatable bonds is 15. The van der Waals surface area contributed by atoms with Crippen LogP contribution in [0, 0.1) is 0 Å². The highest BCUT2D eigenvalue weighted by atomic mass is 16.5. The number of anilines is 1. The molecule has 38 heavy (non-hydrogen) atoms. The van der Waals surface area contributed by atoms with E-state index in [4.69, 9.17) is 25.7 Å². The summed E-state index contributed by atoms with van der Waals surface area (Å²) in [6.07, 6.45) is 0.789. The molecule has 0 fully saturated rings. The zero-order valence-corrected chi connectivity index (χ0v) is 21.9. The summed E-state index contributed by atoms with van der Waals surface area (Å²) in [6, 6.07) is 6.57. The number of esters is 2. The summed E-state index contributed by atoms with van der Waals surface area (Å²) in [7, 11) is 1.45. The third kappa shape index (κ3) is 9.77. The van der Waals surface area contributed by atoms with Crippen molar-refractivity contribution in [2.75, 3.05) is 26.1 Å². The van der Waals surface area contributed by atoms with Crippen LogP contribution < -0.4 is 21.5 Å². The van der Waals surface area contributed by atoms with E-state index in [0.29, 0.717) is 17.7 Å². The lowest BCUT2D eigenvalue weighted by Crippen LogP contribution is -2.42. The van der Waals surface area contributed by atoms with E-state index >= 15 is 0 Å². The van der Waals surface area contributed by atoms with Gasteiger partial charge < -0.3 is 31.0 Å². The molecule has 0 radical (unpaired) electrons. The van der Waals surface area contributed by atoms with Crippen molar-refractivity contribution < 1.29 is 33.4 Å². The third-order valence-electron chi connectivity index (χ3n) is 5.50. The van der Waals surface area contributed by atoms with Gasteiger partial charge in [-0.2, -0.15) is 4.98 Å². The highest BCUT2D eigenvalue weighted by Crippen LogP contribution is 2.19. The molecule has 1 heterocycles. The fourth-order valence-electron chi connectivity index (χ4n) is 3.54. The number of Topliss-reactive ketones (excluding diaryl/α,β-unsaturated/α-hetero) is 1. The van der Waals surface area contributed by atoms with Crippen LogP contribution in [0.15, 0.2) is 30.3 Å². The topological polar surface area (TPSA) is 186 Å². The number of nitrogens with one attached hydrogen (secondary N) is 1. The first-order valence-electron chi connectivity index (χ1n) is 12.3. The fraction of sp³-hybridized carbons (Fsp3) is 0.462. The number of methoxy groups -OCH3 is 1. The molecule has 0 saturated heterocycles. The van der Waals surface area contributed by atoms with Gasteiger partial charge in [0.05, 0.1) is 32.1 Å². The number of aryl methyl sites for hydroxylation is 1. The first kappa shape index (κ1) is 30.2. The van der Waals surface area contributed by atoms with E-state index < -0.39 is 29.9 Å². The van der Waals surface area contributed by atoms with E-state index in [1.807, 2.05) is 0 Å². The van der Waals surface area contributed by atoms with E-state index in [0.717, 1.165) is 5.56 Å². The summed E-state index contributed by atoms with van der Waals surface area (Å²) in [4.78, 5) is 57.1. The van der Waals surface area contributed by atoms with Gasteiger partial charge in [-0.3, -0.25) is 14.4 Å². The molecule has 5 N–H and O–H groups in total. The zero-order chi connectivity index (χ0) is 28.1. The number of carbonyl (C=O) groups excluding carboxylic acids is 4. The molecule has 2 atom stereocenters. The lowest BCUT2D eigenvalue weighted by molar-refractivity contribution is -0.146. The van der Waals surface area contributed by atoms with E-state index in [9.17, 15) is 19.2 Å². The highest BCUT2D eigenvalue weighted by molar-refractivity contribution is 5.97. The number of nitrogen functional groups attached to an aromatic ring is 1. The molecule has 0 aliphatic rings. The lowest BCUT2D eigenvalue weighted by atomic mass is 10.0. The van der Waals surface area contributed by atoms with E-state index in [-0.39, 0.29) is 56.5 Å². The van der Waals surface area contributed by atoms with Crippen molar-refractivity contribution >= 4 is 29.6 Å².